The number of carbonyl (C=O) groups is 2. The normalized spacial score (nSPS) is 10.6. The largest absolute Gasteiger partial charge is 0.478 e. The standard InChI is InChI=1S/C29H20N4O4S/c34-26(32-29(38)31-24-13-7-5-11-22(24)28(36)37)19-14-16-20(17-15-19)33-25(18-8-2-1-3-9-18)30-23-12-6-4-10-21(23)27(33)35/h1-17H,(H,36,37)(H2,31,32,34,38). The van der Waals surface area contributed by atoms with Crippen molar-refractivity contribution in [2.45, 2.75) is 0 Å². The van der Waals surface area contributed by atoms with Gasteiger partial charge in [-0.1, -0.05) is 54.6 Å². The highest BCUT2D eigenvalue weighted by molar-refractivity contribution is 7.80. The van der Waals surface area contributed by atoms with E-state index in [9.17, 15) is 19.5 Å². The second-order valence-corrected chi connectivity index (χ2v) is 8.67. The minimum absolute atomic E-state index is 0.0251. The van der Waals surface area contributed by atoms with E-state index >= 15 is 0 Å². The number of nitrogens with one attached hydrogen (secondary N) is 2. The number of aromatic nitrogens is 2. The maximum atomic E-state index is 13.5. The summed E-state index contributed by atoms with van der Waals surface area (Å²) in [5.41, 5.74) is 2.26. The number of carboxylic acid groups (broad SMARTS) is 1. The van der Waals surface area contributed by atoms with Crippen molar-refractivity contribution in [1.29, 1.82) is 0 Å². The van der Waals surface area contributed by atoms with E-state index in [4.69, 9.17) is 17.2 Å². The maximum absolute atomic E-state index is 13.5. The molecule has 0 aliphatic carbocycles. The van der Waals surface area contributed by atoms with Crippen molar-refractivity contribution >= 4 is 45.8 Å². The van der Waals surface area contributed by atoms with E-state index < -0.39 is 11.9 Å². The molecule has 0 saturated carbocycles. The van der Waals surface area contributed by atoms with Crippen LogP contribution in [0.5, 0.6) is 0 Å². The van der Waals surface area contributed by atoms with Gasteiger partial charge in [-0.2, -0.15) is 0 Å². The third kappa shape index (κ3) is 4.91. The predicted octanol–water partition coefficient (Wildman–Crippen LogP) is 4.88. The summed E-state index contributed by atoms with van der Waals surface area (Å²) in [6.07, 6.45) is 0. The molecule has 0 unspecified atom stereocenters. The summed E-state index contributed by atoms with van der Waals surface area (Å²) < 4.78 is 1.52. The molecule has 4 aromatic carbocycles. The molecule has 0 fully saturated rings. The van der Waals surface area contributed by atoms with Gasteiger partial charge in [-0.25, -0.2) is 9.78 Å². The van der Waals surface area contributed by atoms with Gasteiger partial charge in [-0.05, 0) is 60.7 Å². The SMILES string of the molecule is O=C(NC(=S)Nc1ccccc1C(=O)O)c1ccc(-n2c(-c3ccccc3)nc3ccccc3c2=O)cc1. The third-order valence-corrected chi connectivity index (χ3v) is 6.03. The summed E-state index contributed by atoms with van der Waals surface area (Å²) in [6.45, 7) is 0. The highest BCUT2D eigenvalue weighted by Crippen LogP contribution is 2.22. The van der Waals surface area contributed by atoms with E-state index in [1.165, 1.54) is 10.6 Å². The van der Waals surface area contributed by atoms with Crippen molar-refractivity contribution in [1.82, 2.24) is 14.9 Å². The Morgan fingerprint density at radius 3 is 2.21 bits per heavy atom. The number of para-hydroxylation sites is 2. The molecule has 1 amide bonds. The zero-order valence-corrected chi connectivity index (χ0v) is 20.6. The lowest BCUT2D eigenvalue weighted by atomic mass is 10.1. The molecule has 0 atom stereocenters. The summed E-state index contributed by atoms with van der Waals surface area (Å²) in [4.78, 5) is 42.5. The van der Waals surface area contributed by atoms with E-state index in [0.717, 1.165) is 5.56 Å². The number of carboxylic acids is 1. The Morgan fingerprint density at radius 2 is 1.47 bits per heavy atom. The van der Waals surface area contributed by atoms with Crippen LogP contribution in [-0.4, -0.2) is 31.6 Å². The summed E-state index contributed by atoms with van der Waals surface area (Å²) >= 11 is 5.20. The first-order valence-electron chi connectivity index (χ1n) is 11.5. The van der Waals surface area contributed by atoms with Crippen molar-refractivity contribution in [3.8, 4) is 17.1 Å². The van der Waals surface area contributed by atoms with Gasteiger partial charge in [-0.15, -0.1) is 0 Å². The number of thiocarbonyl (C=S) groups is 1. The van der Waals surface area contributed by atoms with Gasteiger partial charge in [0.2, 0.25) is 0 Å². The van der Waals surface area contributed by atoms with Crippen LogP contribution in [0.4, 0.5) is 5.69 Å². The number of nitrogens with zero attached hydrogens (tertiary/aromatic N) is 2. The molecular weight excluding hydrogens is 500 g/mol. The zero-order chi connectivity index (χ0) is 26.6. The van der Waals surface area contributed by atoms with E-state index in [-0.39, 0.29) is 21.9 Å². The fourth-order valence-corrected chi connectivity index (χ4v) is 4.23. The van der Waals surface area contributed by atoms with Crippen LogP contribution < -0.4 is 16.2 Å². The lowest BCUT2D eigenvalue weighted by molar-refractivity contribution is 0.0697. The number of hydrogen-bond acceptors (Lipinski definition) is 5. The number of carbonyl (C=O) groups excluding carboxylic acids is 1. The highest BCUT2D eigenvalue weighted by atomic mass is 32.1. The van der Waals surface area contributed by atoms with Gasteiger partial charge in [0.05, 0.1) is 27.8 Å². The number of benzene rings is 4. The Morgan fingerprint density at radius 1 is 0.816 bits per heavy atom. The minimum Gasteiger partial charge on any atom is -0.478 e. The molecule has 1 aromatic heterocycles. The molecule has 0 aliphatic rings. The lowest BCUT2D eigenvalue weighted by Gasteiger charge is -2.15. The average molecular weight is 521 g/mol. The molecule has 8 nitrogen and oxygen atoms in total. The fourth-order valence-electron chi connectivity index (χ4n) is 4.02. The monoisotopic (exact) mass is 520 g/mol. The number of aromatic carboxylic acids is 1. The van der Waals surface area contributed by atoms with E-state index in [1.54, 1.807) is 60.7 Å². The van der Waals surface area contributed by atoms with Gasteiger partial charge in [0.1, 0.15) is 5.82 Å². The molecule has 0 spiro atoms. The zero-order valence-electron chi connectivity index (χ0n) is 19.8. The van der Waals surface area contributed by atoms with Crippen molar-refractivity contribution < 1.29 is 14.7 Å². The van der Waals surface area contributed by atoms with E-state index in [0.29, 0.717) is 28.0 Å². The molecule has 5 aromatic rings. The average Bonchev–Trinajstić information content (AvgIpc) is 2.93. The fraction of sp³-hybridized carbons (Fsp3) is 0. The number of hydrogen-bond donors (Lipinski definition) is 3. The summed E-state index contributed by atoms with van der Waals surface area (Å²) in [7, 11) is 0. The Bertz CT molecular complexity index is 1750. The van der Waals surface area contributed by atoms with Crippen LogP contribution in [0.25, 0.3) is 28.0 Å². The highest BCUT2D eigenvalue weighted by Gasteiger charge is 2.16. The van der Waals surface area contributed by atoms with Gasteiger partial charge >= 0.3 is 5.97 Å². The molecule has 0 aliphatic heterocycles. The molecule has 186 valence electrons. The smallest absolute Gasteiger partial charge is 0.337 e. The van der Waals surface area contributed by atoms with Gasteiger partial charge in [-0.3, -0.25) is 19.5 Å². The van der Waals surface area contributed by atoms with Crippen LogP contribution >= 0.6 is 12.2 Å². The number of anilines is 1. The van der Waals surface area contributed by atoms with Crippen molar-refractivity contribution in [2.75, 3.05) is 5.32 Å². The van der Waals surface area contributed by atoms with Crippen molar-refractivity contribution in [3.05, 3.63) is 125 Å². The maximum Gasteiger partial charge on any atom is 0.337 e. The van der Waals surface area contributed by atoms with Crippen LogP contribution in [0.2, 0.25) is 0 Å². The first kappa shape index (κ1) is 24.5. The molecule has 0 radical (unpaired) electrons. The summed E-state index contributed by atoms with van der Waals surface area (Å²) in [6, 6.07) is 29.3. The molecule has 0 bridgehead atoms. The molecule has 9 heteroatoms. The molecule has 38 heavy (non-hydrogen) atoms. The Labute approximate surface area is 222 Å². The van der Waals surface area contributed by atoms with Crippen molar-refractivity contribution in [3.63, 3.8) is 0 Å². The first-order chi connectivity index (χ1) is 18.4. The van der Waals surface area contributed by atoms with Crippen LogP contribution in [0.15, 0.2) is 108 Å². The Balaban J connectivity index is 1.43. The molecule has 5 rings (SSSR count). The van der Waals surface area contributed by atoms with E-state index in [1.807, 2.05) is 36.4 Å². The Kier molecular flexibility index (Phi) is 6.75. The summed E-state index contributed by atoms with van der Waals surface area (Å²) in [5, 5.41) is 15.1. The van der Waals surface area contributed by atoms with Crippen LogP contribution in [0, 0.1) is 0 Å². The molecule has 3 N–H and O–H groups in total. The summed E-state index contributed by atoms with van der Waals surface area (Å²) in [5.74, 6) is -1.13. The third-order valence-electron chi connectivity index (χ3n) is 5.83. The van der Waals surface area contributed by atoms with E-state index in [2.05, 4.69) is 10.6 Å². The van der Waals surface area contributed by atoms with Crippen LogP contribution in [0.1, 0.15) is 20.7 Å². The van der Waals surface area contributed by atoms with Gasteiger partial charge in [0, 0.05) is 11.1 Å². The van der Waals surface area contributed by atoms with Crippen LogP contribution in [-0.2, 0) is 0 Å². The number of fused-ring (bicyclic) bond motifs is 1. The van der Waals surface area contributed by atoms with Crippen molar-refractivity contribution in [2.24, 2.45) is 0 Å². The lowest BCUT2D eigenvalue weighted by Crippen LogP contribution is -2.34. The molecule has 1 heterocycles. The molecular formula is C29H20N4O4S. The van der Waals surface area contributed by atoms with Crippen LogP contribution in [0.3, 0.4) is 0 Å². The minimum atomic E-state index is -1.12. The van der Waals surface area contributed by atoms with Gasteiger partial charge < -0.3 is 10.4 Å². The molecule has 0 saturated heterocycles. The predicted molar refractivity (Wildman–Crippen MR) is 150 cm³/mol. The topological polar surface area (TPSA) is 113 Å². The number of amides is 1. The second kappa shape index (κ2) is 10.5. The Hall–Kier alpha value is -5.15. The quantitative estimate of drug-likeness (QED) is 0.283. The van der Waals surface area contributed by atoms with Gasteiger partial charge in [0.25, 0.3) is 11.5 Å². The number of rotatable bonds is 5. The second-order valence-electron chi connectivity index (χ2n) is 8.27. The first-order valence-corrected chi connectivity index (χ1v) is 12.0. The van der Waals surface area contributed by atoms with Gasteiger partial charge in [0.15, 0.2) is 5.11 Å².